The maximum atomic E-state index is 11.7. The van der Waals surface area contributed by atoms with Crippen molar-refractivity contribution >= 4 is 23.8 Å². The summed E-state index contributed by atoms with van der Waals surface area (Å²) in [5.74, 6) is -1.51. The summed E-state index contributed by atoms with van der Waals surface area (Å²) in [6, 6.07) is 0. The molecule has 0 bridgehead atoms. The summed E-state index contributed by atoms with van der Waals surface area (Å²) < 4.78 is 14.9. The molecule has 0 fully saturated rings. The molecule has 1 N–H and O–H groups in total. The number of nitrogens with one attached hydrogen (secondary N) is 1. The molecule has 0 rings (SSSR count). The number of ketones is 1. The van der Waals surface area contributed by atoms with E-state index in [0.717, 1.165) is 0 Å². The first-order valence-corrected chi connectivity index (χ1v) is 8.10. The Morgan fingerprint density at radius 3 is 1.96 bits per heavy atom. The van der Waals surface area contributed by atoms with Gasteiger partial charge in [-0.15, -0.1) is 0 Å². The van der Waals surface area contributed by atoms with Crippen LogP contribution < -0.4 is 5.32 Å². The Balaban J connectivity index is 4.07. The van der Waals surface area contributed by atoms with Crippen molar-refractivity contribution in [2.24, 2.45) is 5.41 Å². The quantitative estimate of drug-likeness (QED) is 0.549. The van der Waals surface area contributed by atoms with Crippen LogP contribution in [-0.4, -0.2) is 42.3 Å². The van der Waals surface area contributed by atoms with E-state index < -0.39 is 35.3 Å². The Morgan fingerprint density at radius 2 is 1.48 bits per heavy atom. The Bertz CT molecular complexity index is 500. The van der Waals surface area contributed by atoms with E-state index in [2.05, 4.69) is 5.32 Å². The predicted molar refractivity (Wildman–Crippen MR) is 89.6 cm³/mol. The lowest BCUT2D eigenvalue weighted by molar-refractivity contribution is -0.190. The number of ether oxygens (including phenoxy) is 3. The first-order valence-electron chi connectivity index (χ1n) is 8.10. The number of rotatable bonds is 7. The van der Waals surface area contributed by atoms with Crippen LogP contribution in [0.25, 0.3) is 0 Å². The van der Waals surface area contributed by atoms with Crippen LogP contribution in [0, 0.1) is 5.41 Å². The molecular formula is C17H29NO7. The lowest BCUT2D eigenvalue weighted by Gasteiger charge is -2.20. The number of alkyl carbamates (subject to hydrolysis) is 1. The lowest BCUT2D eigenvalue weighted by Crippen LogP contribution is -2.35. The summed E-state index contributed by atoms with van der Waals surface area (Å²) >= 11 is 0. The molecule has 0 aliphatic carbocycles. The first-order chi connectivity index (χ1) is 11.2. The van der Waals surface area contributed by atoms with Crippen molar-refractivity contribution in [3.63, 3.8) is 0 Å². The standard InChI is InChI=1S/C17H29NO7/c1-11(24-14(21)16(2,3)4)23-13(20)9-8-12(19)10-18-15(22)25-17(5,6)7/h11H,8-10H2,1-7H3,(H,18,22). The van der Waals surface area contributed by atoms with Gasteiger partial charge in [-0.3, -0.25) is 14.4 Å². The van der Waals surface area contributed by atoms with Gasteiger partial charge in [-0.2, -0.15) is 0 Å². The number of amides is 1. The Labute approximate surface area is 148 Å². The van der Waals surface area contributed by atoms with Crippen LogP contribution in [0.5, 0.6) is 0 Å². The number of hydrogen-bond acceptors (Lipinski definition) is 7. The van der Waals surface area contributed by atoms with E-state index in [1.165, 1.54) is 6.92 Å². The van der Waals surface area contributed by atoms with Gasteiger partial charge in [0.15, 0.2) is 5.78 Å². The fraction of sp³-hybridized carbons (Fsp3) is 0.765. The van der Waals surface area contributed by atoms with Crippen molar-refractivity contribution in [2.45, 2.75) is 73.2 Å². The highest BCUT2D eigenvalue weighted by Crippen LogP contribution is 2.16. The first kappa shape index (κ1) is 22.9. The molecule has 25 heavy (non-hydrogen) atoms. The van der Waals surface area contributed by atoms with Crippen LogP contribution in [0.1, 0.15) is 61.3 Å². The second kappa shape index (κ2) is 9.39. The zero-order chi connectivity index (χ0) is 19.8. The topological polar surface area (TPSA) is 108 Å². The average Bonchev–Trinajstić information content (AvgIpc) is 2.39. The number of hydrogen-bond donors (Lipinski definition) is 1. The summed E-state index contributed by atoms with van der Waals surface area (Å²) in [7, 11) is 0. The molecule has 1 amide bonds. The number of carbonyl (C=O) groups excluding carboxylic acids is 4. The molecule has 1 atom stereocenters. The molecule has 1 unspecified atom stereocenters. The van der Waals surface area contributed by atoms with E-state index in [1.807, 2.05) is 0 Å². The molecule has 0 saturated carbocycles. The van der Waals surface area contributed by atoms with Gasteiger partial charge in [0.25, 0.3) is 0 Å². The third-order valence-electron chi connectivity index (χ3n) is 2.62. The molecule has 0 aliphatic rings. The van der Waals surface area contributed by atoms with Gasteiger partial charge in [0.05, 0.1) is 18.4 Å². The normalized spacial score (nSPS) is 12.8. The molecule has 0 aromatic rings. The van der Waals surface area contributed by atoms with Crippen LogP contribution in [0.2, 0.25) is 0 Å². The van der Waals surface area contributed by atoms with Gasteiger partial charge in [-0.1, -0.05) is 0 Å². The van der Waals surface area contributed by atoms with Gasteiger partial charge in [-0.05, 0) is 41.5 Å². The molecule has 8 heteroatoms. The predicted octanol–water partition coefficient (Wildman–Crippen LogP) is 2.34. The lowest BCUT2D eigenvalue weighted by atomic mass is 9.97. The molecule has 0 aromatic carbocycles. The summed E-state index contributed by atoms with van der Waals surface area (Å²) in [5.41, 5.74) is -1.36. The summed E-state index contributed by atoms with van der Waals surface area (Å²) in [4.78, 5) is 46.3. The Hall–Kier alpha value is -2.12. The smallest absolute Gasteiger partial charge is 0.408 e. The molecule has 0 radical (unpaired) electrons. The third-order valence-corrected chi connectivity index (χ3v) is 2.62. The largest absolute Gasteiger partial charge is 0.444 e. The second-order valence-corrected chi connectivity index (χ2v) is 7.61. The highest BCUT2D eigenvalue weighted by Gasteiger charge is 2.26. The van der Waals surface area contributed by atoms with E-state index in [-0.39, 0.29) is 25.2 Å². The second-order valence-electron chi connectivity index (χ2n) is 7.61. The zero-order valence-corrected chi connectivity index (χ0v) is 16.1. The average molecular weight is 359 g/mol. The molecule has 0 saturated heterocycles. The van der Waals surface area contributed by atoms with Crippen LogP contribution in [0.4, 0.5) is 4.79 Å². The van der Waals surface area contributed by atoms with Gasteiger partial charge in [0.1, 0.15) is 5.60 Å². The minimum absolute atomic E-state index is 0.103. The van der Waals surface area contributed by atoms with Crippen molar-refractivity contribution in [1.29, 1.82) is 0 Å². The highest BCUT2D eigenvalue weighted by molar-refractivity contribution is 5.86. The van der Waals surface area contributed by atoms with E-state index in [9.17, 15) is 19.2 Å². The summed E-state index contributed by atoms with van der Waals surface area (Å²) in [5, 5.41) is 2.31. The maximum absolute atomic E-state index is 11.7. The van der Waals surface area contributed by atoms with Gasteiger partial charge in [-0.25, -0.2) is 4.79 Å². The molecule has 0 aliphatic heterocycles. The van der Waals surface area contributed by atoms with Crippen LogP contribution in [-0.2, 0) is 28.6 Å². The van der Waals surface area contributed by atoms with Crippen molar-refractivity contribution < 1.29 is 33.4 Å². The molecule has 0 heterocycles. The highest BCUT2D eigenvalue weighted by atomic mass is 16.7. The number of carbonyl (C=O) groups is 4. The molecule has 0 aromatic heterocycles. The monoisotopic (exact) mass is 359 g/mol. The van der Waals surface area contributed by atoms with Crippen molar-refractivity contribution in [1.82, 2.24) is 5.32 Å². The maximum Gasteiger partial charge on any atom is 0.408 e. The van der Waals surface area contributed by atoms with Crippen LogP contribution in [0.15, 0.2) is 0 Å². The summed E-state index contributed by atoms with van der Waals surface area (Å²) in [6.07, 6.45) is -2.01. The number of Topliss-reactive ketones (excluding diaryl/α,β-unsaturated/α-hetero) is 1. The Morgan fingerprint density at radius 1 is 0.920 bits per heavy atom. The number of esters is 2. The minimum Gasteiger partial charge on any atom is -0.444 e. The zero-order valence-electron chi connectivity index (χ0n) is 16.1. The minimum atomic E-state index is -1.03. The van der Waals surface area contributed by atoms with E-state index in [4.69, 9.17) is 14.2 Å². The van der Waals surface area contributed by atoms with Gasteiger partial charge < -0.3 is 19.5 Å². The van der Waals surface area contributed by atoms with Crippen molar-refractivity contribution in [2.75, 3.05) is 6.54 Å². The van der Waals surface area contributed by atoms with Crippen molar-refractivity contribution in [3.8, 4) is 0 Å². The van der Waals surface area contributed by atoms with Crippen LogP contribution in [0.3, 0.4) is 0 Å². The fourth-order valence-electron chi connectivity index (χ4n) is 1.41. The summed E-state index contributed by atoms with van der Waals surface area (Å²) in [6.45, 7) is 11.3. The van der Waals surface area contributed by atoms with Gasteiger partial charge in [0.2, 0.25) is 6.29 Å². The third kappa shape index (κ3) is 12.0. The molecule has 144 valence electrons. The van der Waals surface area contributed by atoms with E-state index in [0.29, 0.717) is 0 Å². The van der Waals surface area contributed by atoms with Gasteiger partial charge in [0, 0.05) is 13.3 Å². The Kier molecular flexibility index (Phi) is 8.59. The van der Waals surface area contributed by atoms with Gasteiger partial charge >= 0.3 is 18.0 Å². The van der Waals surface area contributed by atoms with E-state index in [1.54, 1.807) is 41.5 Å². The van der Waals surface area contributed by atoms with E-state index >= 15 is 0 Å². The molecular weight excluding hydrogens is 330 g/mol. The SMILES string of the molecule is CC(OC(=O)CCC(=O)CNC(=O)OC(C)(C)C)OC(=O)C(C)(C)C. The van der Waals surface area contributed by atoms with Crippen molar-refractivity contribution in [3.05, 3.63) is 0 Å². The fourth-order valence-corrected chi connectivity index (χ4v) is 1.41. The van der Waals surface area contributed by atoms with Crippen LogP contribution >= 0.6 is 0 Å². The molecule has 8 nitrogen and oxygen atoms in total. The molecule has 0 spiro atoms.